The molecule has 0 saturated carbocycles. The molecule has 1 saturated heterocycles. The fourth-order valence-corrected chi connectivity index (χ4v) is 0.868. The van der Waals surface area contributed by atoms with Crippen LogP contribution in [0.2, 0.25) is 0 Å². The van der Waals surface area contributed by atoms with Gasteiger partial charge in [0.1, 0.15) is 6.10 Å². The Hall–Kier alpha value is -0.570. The number of hydrogen-bond donors (Lipinski definition) is 1. The molecule has 1 unspecified atom stereocenters. The number of ether oxygens (including phenoxy) is 1. The number of carbonyl (C=O) groups is 1. The summed E-state index contributed by atoms with van der Waals surface area (Å²) < 4.78 is 5.13. The molecule has 1 heterocycles. The fraction of sp³-hybridized carbons (Fsp3) is 0.833. The predicted octanol–water partition coefficient (Wildman–Crippen LogP) is -0.0886. The number of nitrogens with one attached hydrogen (secondary N) is 1. The highest BCUT2D eigenvalue weighted by molar-refractivity contribution is 5.81. The summed E-state index contributed by atoms with van der Waals surface area (Å²) >= 11 is 0. The zero-order valence-electron chi connectivity index (χ0n) is 5.52. The average molecular weight is 129 g/mol. The van der Waals surface area contributed by atoms with E-state index < -0.39 is 0 Å². The molecule has 1 atom stereocenters. The van der Waals surface area contributed by atoms with Crippen LogP contribution in [0, 0.1) is 0 Å². The summed E-state index contributed by atoms with van der Waals surface area (Å²) in [5.74, 6) is 0.0313. The molecule has 9 heavy (non-hydrogen) atoms. The number of rotatable bonds is 1. The van der Waals surface area contributed by atoms with Crippen LogP contribution >= 0.6 is 0 Å². The highest BCUT2D eigenvalue weighted by Crippen LogP contribution is 2.00. The molecule has 0 aliphatic carbocycles. The van der Waals surface area contributed by atoms with Gasteiger partial charge in [0.25, 0.3) is 0 Å². The topological polar surface area (TPSA) is 38.3 Å². The van der Waals surface area contributed by atoms with E-state index in [0.29, 0.717) is 13.2 Å². The summed E-state index contributed by atoms with van der Waals surface area (Å²) in [5.41, 5.74) is 0. The van der Waals surface area contributed by atoms with E-state index in [1.54, 1.807) is 0 Å². The minimum atomic E-state index is -0.196. The number of amides is 1. The van der Waals surface area contributed by atoms with Gasteiger partial charge in [-0.3, -0.25) is 4.79 Å². The first kappa shape index (κ1) is 6.55. The molecule has 3 nitrogen and oxygen atoms in total. The molecule has 3 heteroatoms. The van der Waals surface area contributed by atoms with E-state index in [9.17, 15) is 4.79 Å². The second kappa shape index (κ2) is 2.82. The Morgan fingerprint density at radius 3 is 3.11 bits per heavy atom. The number of carbonyl (C=O) groups excluding carboxylic acids is 1. The van der Waals surface area contributed by atoms with Crippen LogP contribution in [0.25, 0.3) is 0 Å². The zero-order valence-corrected chi connectivity index (χ0v) is 5.52. The lowest BCUT2D eigenvalue weighted by Crippen LogP contribution is -2.43. The molecule has 0 bridgehead atoms. The first-order valence-corrected chi connectivity index (χ1v) is 3.24. The van der Waals surface area contributed by atoms with Crippen LogP contribution in [-0.4, -0.2) is 25.2 Å². The van der Waals surface area contributed by atoms with Crippen molar-refractivity contribution in [2.75, 3.05) is 13.2 Å². The number of morpholine rings is 1. The van der Waals surface area contributed by atoms with Crippen molar-refractivity contribution < 1.29 is 9.53 Å². The maximum Gasteiger partial charge on any atom is 0.249 e. The minimum absolute atomic E-state index is 0.0313. The van der Waals surface area contributed by atoms with Crippen molar-refractivity contribution in [2.24, 2.45) is 0 Å². The van der Waals surface area contributed by atoms with Crippen LogP contribution in [0.15, 0.2) is 0 Å². The van der Waals surface area contributed by atoms with Crippen molar-refractivity contribution in [1.82, 2.24) is 5.32 Å². The summed E-state index contributed by atoms with van der Waals surface area (Å²) in [6, 6.07) is 0. The van der Waals surface area contributed by atoms with Crippen molar-refractivity contribution in [1.29, 1.82) is 0 Å². The molecule has 52 valence electrons. The maximum atomic E-state index is 10.8. The van der Waals surface area contributed by atoms with Crippen molar-refractivity contribution in [3.63, 3.8) is 0 Å². The second-order valence-electron chi connectivity index (χ2n) is 2.06. The van der Waals surface area contributed by atoms with Gasteiger partial charge in [-0.2, -0.15) is 0 Å². The van der Waals surface area contributed by atoms with Crippen molar-refractivity contribution in [2.45, 2.75) is 19.4 Å². The fourth-order valence-electron chi connectivity index (χ4n) is 0.868. The molecule has 1 rings (SSSR count). The Morgan fingerprint density at radius 2 is 2.67 bits per heavy atom. The molecular formula is C6H11NO2. The molecule has 0 radical (unpaired) electrons. The van der Waals surface area contributed by atoms with Gasteiger partial charge >= 0.3 is 0 Å². The van der Waals surface area contributed by atoms with Crippen LogP contribution in [-0.2, 0) is 9.53 Å². The molecule has 1 aliphatic heterocycles. The average Bonchev–Trinajstić information content (AvgIpc) is 1.89. The van der Waals surface area contributed by atoms with Crippen molar-refractivity contribution >= 4 is 5.91 Å². The number of hydrogen-bond acceptors (Lipinski definition) is 2. The summed E-state index contributed by atoms with van der Waals surface area (Å²) in [4.78, 5) is 10.8. The maximum absolute atomic E-state index is 10.8. The highest BCUT2D eigenvalue weighted by atomic mass is 16.5. The third-order valence-corrected chi connectivity index (χ3v) is 1.38. The van der Waals surface area contributed by atoms with Gasteiger partial charge in [0.05, 0.1) is 6.61 Å². The molecule has 1 N–H and O–H groups in total. The summed E-state index contributed by atoms with van der Waals surface area (Å²) in [6.45, 7) is 3.26. The van der Waals surface area contributed by atoms with Crippen LogP contribution in [0.1, 0.15) is 13.3 Å². The Balaban J connectivity index is 2.39. The molecule has 1 amide bonds. The van der Waals surface area contributed by atoms with Gasteiger partial charge < -0.3 is 10.1 Å². The molecule has 1 fully saturated rings. The smallest absolute Gasteiger partial charge is 0.249 e. The van der Waals surface area contributed by atoms with E-state index in [-0.39, 0.29) is 12.0 Å². The lowest BCUT2D eigenvalue weighted by atomic mass is 10.2. The molecule has 0 spiro atoms. The van der Waals surface area contributed by atoms with E-state index >= 15 is 0 Å². The Bertz CT molecular complexity index is 114. The van der Waals surface area contributed by atoms with Gasteiger partial charge in [0, 0.05) is 6.54 Å². The molecule has 0 aromatic carbocycles. The van der Waals surface area contributed by atoms with E-state index in [1.807, 2.05) is 6.92 Å². The SMILES string of the molecule is CCC1OCCNC1=O. The predicted molar refractivity (Wildman–Crippen MR) is 33.0 cm³/mol. The summed E-state index contributed by atoms with van der Waals surface area (Å²) in [5, 5.41) is 2.72. The van der Waals surface area contributed by atoms with Gasteiger partial charge in [-0.15, -0.1) is 0 Å². The third-order valence-electron chi connectivity index (χ3n) is 1.38. The summed E-state index contributed by atoms with van der Waals surface area (Å²) in [6.07, 6.45) is 0.574. The lowest BCUT2D eigenvalue weighted by molar-refractivity contribution is -0.137. The Kier molecular flexibility index (Phi) is 2.05. The normalized spacial score (nSPS) is 27.7. The van der Waals surface area contributed by atoms with E-state index in [1.165, 1.54) is 0 Å². The molecular weight excluding hydrogens is 118 g/mol. The van der Waals surface area contributed by atoms with E-state index in [0.717, 1.165) is 6.42 Å². The monoisotopic (exact) mass is 129 g/mol. The van der Waals surface area contributed by atoms with Crippen LogP contribution in [0.3, 0.4) is 0 Å². The first-order chi connectivity index (χ1) is 4.34. The quantitative estimate of drug-likeness (QED) is 0.537. The van der Waals surface area contributed by atoms with Gasteiger partial charge in [0.2, 0.25) is 5.91 Å². The van der Waals surface area contributed by atoms with Gasteiger partial charge in [0.15, 0.2) is 0 Å². The van der Waals surface area contributed by atoms with Gasteiger partial charge in [-0.1, -0.05) is 6.92 Å². The zero-order chi connectivity index (χ0) is 6.69. The lowest BCUT2D eigenvalue weighted by Gasteiger charge is -2.20. The molecule has 0 aromatic rings. The second-order valence-corrected chi connectivity index (χ2v) is 2.06. The first-order valence-electron chi connectivity index (χ1n) is 3.24. The summed E-state index contributed by atoms with van der Waals surface area (Å²) in [7, 11) is 0. The van der Waals surface area contributed by atoms with Crippen LogP contribution in [0.5, 0.6) is 0 Å². The van der Waals surface area contributed by atoms with Crippen LogP contribution < -0.4 is 5.32 Å². The van der Waals surface area contributed by atoms with E-state index in [4.69, 9.17) is 4.74 Å². The Morgan fingerprint density at radius 1 is 1.89 bits per heavy atom. The minimum Gasteiger partial charge on any atom is -0.367 e. The van der Waals surface area contributed by atoms with E-state index in [2.05, 4.69) is 5.32 Å². The standard InChI is InChI=1S/C6H11NO2/c1-2-5-6(8)7-3-4-9-5/h5H,2-4H2,1H3,(H,7,8). The van der Waals surface area contributed by atoms with Crippen LogP contribution in [0.4, 0.5) is 0 Å². The Labute approximate surface area is 54.4 Å². The van der Waals surface area contributed by atoms with Crippen molar-refractivity contribution in [3.8, 4) is 0 Å². The largest absolute Gasteiger partial charge is 0.367 e. The van der Waals surface area contributed by atoms with Gasteiger partial charge in [-0.05, 0) is 6.42 Å². The van der Waals surface area contributed by atoms with Gasteiger partial charge in [-0.25, -0.2) is 0 Å². The molecule has 1 aliphatic rings. The van der Waals surface area contributed by atoms with Crippen molar-refractivity contribution in [3.05, 3.63) is 0 Å². The molecule has 0 aromatic heterocycles. The third kappa shape index (κ3) is 1.42. The highest BCUT2D eigenvalue weighted by Gasteiger charge is 2.19.